The number of hydrogen-bond donors (Lipinski definition) is 4. The molecule has 0 spiro atoms. The minimum Gasteiger partial charge on any atom is -0.394 e. The molecule has 0 saturated carbocycles. The Bertz CT molecular complexity index is 1090. The van der Waals surface area contributed by atoms with Crippen LogP contribution in [0.15, 0.2) is 65.3 Å². The number of halogens is 1. The van der Waals surface area contributed by atoms with E-state index in [1.807, 2.05) is 42.5 Å². The zero-order valence-electron chi connectivity index (χ0n) is 15.3. The quantitative estimate of drug-likeness (QED) is 0.445. The van der Waals surface area contributed by atoms with Crippen LogP contribution in [0.4, 0.5) is 5.69 Å². The molecule has 6 nitrogen and oxygen atoms in total. The van der Waals surface area contributed by atoms with Crippen LogP contribution in [-0.2, 0) is 4.79 Å². The number of hydrogen-bond acceptors (Lipinski definition) is 3. The Kier molecular flexibility index (Phi) is 5.33. The summed E-state index contributed by atoms with van der Waals surface area (Å²) in [5.74, 6) is -0.572. The van der Waals surface area contributed by atoms with Crippen molar-refractivity contribution in [2.45, 2.75) is 6.04 Å². The number of fused-ring (bicyclic) bond motifs is 1. The third-order valence-corrected chi connectivity index (χ3v) is 5.40. The van der Waals surface area contributed by atoms with Crippen molar-refractivity contribution in [3.05, 3.63) is 87.7 Å². The van der Waals surface area contributed by atoms with E-state index in [1.54, 1.807) is 24.4 Å². The molecule has 3 aromatic rings. The van der Waals surface area contributed by atoms with Crippen LogP contribution in [0, 0.1) is 0 Å². The van der Waals surface area contributed by atoms with Crippen molar-refractivity contribution in [1.29, 1.82) is 0 Å². The minimum atomic E-state index is -0.530. The molecule has 2 heterocycles. The van der Waals surface area contributed by atoms with Gasteiger partial charge in [0.05, 0.1) is 29.5 Å². The van der Waals surface area contributed by atoms with Crippen LogP contribution >= 0.6 is 15.9 Å². The highest BCUT2D eigenvalue weighted by Gasteiger charge is 2.27. The lowest BCUT2D eigenvalue weighted by atomic mass is 10.0. The zero-order chi connectivity index (χ0) is 20.4. The summed E-state index contributed by atoms with van der Waals surface area (Å²) < 4.78 is 0.555. The molecule has 0 aliphatic carbocycles. The summed E-state index contributed by atoms with van der Waals surface area (Å²) in [5.41, 5.74) is 3.75. The van der Waals surface area contributed by atoms with Gasteiger partial charge in [-0.05, 0) is 51.8 Å². The highest BCUT2D eigenvalue weighted by Crippen LogP contribution is 2.37. The Hall–Kier alpha value is -3.16. The molecule has 4 rings (SSSR count). The third kappa shape index (κ3) is 3.87. The van der Waals surface area contributed by atoms with Gasteiger partial charge < -0.3 is 20.7 Å². The first kappa shape index (κ1) is 19.2. The Morgan fingerprint density at radius 3 is 2.66 bits per heavy atom. The Morgan fingerprint density at radius 1 is 1.17 bits per heavy atom. The predicted octanol–water partition coefficient (Wildman–Crippen LogP) is 3.73. The lowest BCUT2D eigenvalue weighted by Crippen LogP contribution is -2.31. The molecule has 2 amide bonds. The number of aromatic nitrogens is 1. The van der Waals surface area contributed by atoms with Crippen molar-refractivity contribution in [1.82, 2.24) is 10.3 Å². The molecule has 1 aliphatic heterocycles. The molecular weight excluding hydrogens is 434 g/mol. The van der Waals surface area contributed by atoms with Gasteiger partial charge in [-0.25, -0.2) is 0 Å². The second-order valence-electron chi connectivity index (χ2n) is 6.63. The lowest BCUT2D eigenvalue weighted by molar-refractivity contribution is -0.110. The van der Waals surface area contributed by atoms with E-state index in [9.17, 15) is 14.7 Å². The Balaban J connectivity index is 1.66. The largest absolute Gasteiger partial charge is 0.394 e. The number of H-pyrrole nitrogens is 1. The minimum absolute atomic E-state index is 0.225. The second kappa shape index (κ2) is 8.06. The number of benzene rings is 2. The number of anilines is 1. The van der Waals surface area contributed by atoms with Gasteiger partial charge in [0.1, 0.15) is 0 Å². The molecular formula is C22H18BrN3O3. The van der Waals surface area contributed by atoms with Crippen LogP contribution in [0.5, 0.6) is 0 Å². The van der Waals surface area contributed by atoms with E-state index in [2.05, 4.69) is 31.5 Å². The monoisotopic (exact) mass is 451 g/mol. The molecule has 1 atom stereocenters. The summed E-state index contributed by atoms with van der Waals surface area (Å²) in [5, 5.41) is 15.4. The molecule has 1 aromatic heterocycles. The summed E-state index contributed by atoms with van der Waals surface area (Å²) >= 11 is 3.42. The highest BCUT2D eigenvalue weighted by molar-refractivity contribution is 9.10. The van der Waals surface area contributed by atoms with Crippen molar-refractivity contribution in [3.8, 4) is 0 Å². The molecule has 0 radical (unpaired) electrons. The maximum absolute atomic E-state index is 12.9. The van der Waals surface area contributed by atoms with Crippen molar-refractivity contribution >= 4 is 45.1 Å². The molecule has 0 saturated heterocycles. The van der Waals surface area contributed by atoms with E-state index >= 15 is 0 Å². The van der Waals surface area contributed by atoms with E-state index in [0.717, 1.165) is 11.3 Å². The van der Waals surface area contributed by atoms with E-state index in [4.69, 9.17) is 0 Å². The Morgan fingerprint density at radius 2 is 1.97 bits per heavy atom. The van der Waals surface area contributed by atoms with Gasteiger partial charge in [-0.3, -0.25) is 9.59 Å². The first-order valence-corrected chi connectivity index (χ1v) is 9.83. The van der Waals surface area contributed by atoms with E-state index in [-0.39, 0.29) is 18.4 Å². The number of rotatable bonds is 5. The van der Waals surface area contributed by atoms with Crippen molar-refractivity contribution in [2.75, 3.05) is 11.9 Å². The number of aromatic amines is 1. The summed E-state index contributed by atoms with van der Waals surface area (Å²) in [6.07, 6.45) is 3.52. The van der Waals surface area contributed by atoms with E-state index in [0.29, 0.717) is 26.9 Å². The number of carbonyl (C=O) groups excluding carboxylic acids is 2. The number of aliphatic hydroxyl groups excluding tert-OH is 1. The van der Waals surface area contributed by atoms with E-state index < -0.39 is 6.04 Å². The van der Waals surface area contributed by atoms with Crippen LogP contribution < -0.4 is 10.6 Å². The standard InChI is InChI=1S/C22H18BrN3O3/c23-18-11-19-15(16(21(28)25-19)9-14-7-4-8-24-14)10-17(18)22(29)26-20(12-27)13-5-2-1-3-6-13/h1-11,20,24,27H,12H2,(H,25,28)(H,26,29)/b16-9-/t20-/m1/s1. The summed E-state index contributed by atoms with van der Waals surface area (Å²) in [6, 6.07) is 15.8. The molecule has 0 fully saturated rings. The van der Waals surface area contributed by atoms with Crippen molar-refractivity contribution in [2.24, 2.45) is 0 Å². The normalized spacial score (nSPS) is 15.1. The van der Waals surface area contributed by atoms with Crippen molar-refractivity contribution < 1.29 is 14.7 Å². The summed E-state index contributed by atoms with van der Waals surface area (Å²) in [7, 11) is 0. The van der Waals surface area contributed by atoms with Crippen molar-refractivity contribution in [3.63, 3.8) is 0 Å². The van der Waals surface area contributed by atoms with Gasteiger partial charge >= 0.3 is 0 Å². The second-order valence-corrected chi connectivity index (χ2v) is 7.49. The van der Waals surface area contributed by atoms with Gasteiger partial charge in [0.2, 0.25) is 0 Å². The summed E-state index contributed by atoms with van der Waals surface area (Å²) in [6.45, 7) is -0.226. The molecule has 7 heteroatoms. The van der Waals surface area contributed by atoms with Gasteiger partial charge in [0.25, 0.3) is 11.8 Å². The van der Waals surface area contributed by atoms with Crippen LogP contribution in [0.2, 0.25) is 0 Å². The molecule has 0 unspecified atom stereocenters. The number of aliphatic hydroxyl groups is 1. The van der Waals surface area contributed by atoms with Crippen LogP contribution in [-0.4, -0.2) is 28.5 Å². The number of nitrogens with one attached hydrogen (secondary N) is 3. The zero-order valence-corrected chi connectivity index (χ0v) is 16.9. The van der Waals surface area contributed by atoms with E-state index in [1.165, 1.54) is 0 Å². The highest BCUT2D eigenvalue weighted by atomic mass is 79.9. The maximum atomic E-state index is 12.9. The first-order valence-electron chi connectivity index (χ1n) is 9.04. The molecule has 2 aromatic carbocycles. The van der Waals surface area contributed by atoms with Crippen LogP contribution in [0.1, 0.15) is 33.2 Å². The SMILES string of the molecule is O=C1Nc2cc(Br)c(C(=O)N[C@H](CO)c3ccccc3)cc2/C1=C/c1ccc[nH]1. The predicted molar refractivity (Wildman–Crippen MR) is 115 cm³/mol. The molecule has 29 heavy (non-hydrogen) atoms. The van der Waals surface area contributed by atoms with Crippen LogP contribution in [0.3, 0.4) is 0 Å². The van der Waals surface area contributed by atoms with Gasteiger partial charge in [0, 0.05) is 21.9 Å². The topological polar surface area (TPSA) is 94.2 Å². The fraction of sp³-hybridized carbons (Fsp3) is 0.0909. The fourth-order valence-corrected chi connectivity index (χ4v) is 3.80. The first-order chi connectivity index (χ1) is 14.1. The average Bonchev–Trinajstić information content (AvgIpc) is 3.34. The number of carbonyl (C=O) groups is 2. The molecule has 146 valence electrons. The summed E-state index contributed by atoms with van der Waals surface area (Å²) in [4.78, 5) is 28.4. The smallest absolute Gasteiger partial charge is 0.256 e. The third-order valence-electron chi connectivity index (χ3n) is 4.75. The van der Waals surface area contributed by atoms with Gasteiger partial charge in [0.15, 0.2) is 0 Å². The fourth-order valence-electron chi connectivity index (χ4n) is 3.27. The van der Waals surface area contributed by atoms with Gasteiger partial charge in [-0.15, -0.1) is 0 Å². The lowest BCUT2D eigenvalue weighted by Gasteiger charge is -2.17. The average molecular weight is 452 g/mol. The van der Waals surface area contributed by atoms with Crippen LogP contribution in [0.25, 0.3) is 11.6 Å². The molecule has 4 N–H and O–H groups in total. The molecule has 1 aliphatic rings. The number of amides is 2. The molecule has 0 bridgehead atoms. The maximum Gasteiger partial charge on any atom is 0.256 e. The Labute approximate surface area is 175 Å². The van der Waals surface area contributed by atoms with Gasteiger partial charge in [-0.1, -0.05) is 30.3 Å². The van der Waals surface area contributed by atoms with Gasteiger partial charge in [-0.2, -0.15) is 0 Å².